The molecule has 1 aliphatic heterocycles. The van der Waals surface area contributed by atoms with Gasteiger partial charge < -0.3 is 14.4 Å². The zero-order valence-corrected chi connectivity index (χ0v) is 24.1. The van der Waals surface area contributed by atoms with Crippen molar-refractivity contribution in [2.75, 3.05) is 23.8 Å². The number of unbranched alkanes of at least 4 members (excludes halogenated alkanes) is 2. The molecule has 0 fully saturated rings. The van der Waals surface area contributed by atoms with Crippen LogP contribution in [0.2, 0.25) is 0 Å². The predicted molar refractivity (Wildman–Crippen MR) is 151 cm³/mol. The van der Waals surface area contributed by atoms with Gasteiger partial charge in [0.25, 0.3) is 0 Å². The molecular weight excluding hydrogens is 500 g/mol. The lowest BCUT2D eigenvalue weighted by Gasteiger charge is -2.37. The Labute approximate surface area is 227 Å². The molecule has 7 nitrogen and oxygen atoms in total. The summed E-state index contributed by atoms with van der Waals surface area (Å²) in [5.41, 5.74) is 0.382. The molecule has 0 bridgehead atoms. The molecule has 0 spiro atoms. The highest BCUT2D eigenvalue weighted by Crippen LogP contribution is 2.48. The second kappa shape index (κ2) is 12.2. The number of nitrogens with zero attached hydrogens (tertiary/aromatic N) is 2. The van der Waals surface area contributed by atoms with Crippen LogP contribution in [0.15, 0.2) is 47.4 Å². The summed E-state index contributed by atoms with van der Waals surface area (Å²) in [6, 6.07) is 12.7. The summed E-state index contributed by atoms with van der Waals surface area (Å²) in [7, 11) is -3.74. The molecule has 206 valence electrons. The number of benzene rings is 2. The molecule has 38 heavy (non-hydrogen) atoms. The van der Waals surface area contributed by atoms with Gasteiger partial charge in [-0.2, -0.15) is 0 Å². The fourth-order valence-electron chi connectivity index (χ4n) is 5.03. The summed E-state index contributed by atoms with van der Waals surface area (Å²) in [6.45, 7) is 17.4. The zero-order valence-electron chi connectivity index (χ0n) is 23.2. The van der Waals surface area contributed by atoms with Crippen molar-refractivity contribution in [3.05, 3.63) is 53.9 Å². The molecule has 0 amide bonds. The van der Waals surface area contributed by atoms with E-state index in [1.54, 1.807) is 26.8 Å². The second-order valence-corrected chi connectivity index (χ2v) is 13.1. The first-order valence-electron chi connectivity index (χ1n) is 13.4. The van der Waals surface area contributed by atoms with Crippen molar-refractivity contribution in [2.45, 2.75) is 83.6 Å². The number of carbonyl (C=O) groups is 1. The van der Waals surface area contributed by atoms with Crippen LogP contribution in [0.25, 0.3) is 4.85 Å². The van der Waals surface area contributed by atoms with Gasteiger partial charge in [-0.25, -0.2) is 18.1 Å². The van der Waals surface area contributed by atoms with Crippen molar-refractivity contribution < 1.29 is 22.7 Å². The van der Waals surface area contributed by atoms with Crippen LogP contribution in [0.5, 0.6) is 5.75 Å². The molecular formula is C30H40N2O5S. The fourth-order valence-corrected chi connectivity index (χ4v) is 7.14. The van der Waals surface area contributed by atoms with E-state index in [1.165, 1.54) is 6.07 Å². The predicted octanol–water partition coefficient (Wildman–Crippen LogP) is 7.25. The van der Waals surface area contributed by atoms with Crippen LogP contribution in [0.4, 0.5) is 17.1 Å². The minimum absolute atomic E-state index is 0.0270. The molecule has 1 heterocycles. The number of rotatable bonds is 10. The van der Waals surface area contributed by atoms with E-state index in [1.807, 2.05) is 30.3 Å². The monoisotopic (exact) mass is 540 g/mol. The third kappa shape index (κ3) is 7.28. The third-order valence-corrected chi connectivity index (χ3v) is 8.72. The number of hydrogen-bond acceptors (Lipinski definition) is 6. The Bertz CT molecular complexity index is 1250. The highest BCUT2D eigenvalue weighted by Gasteiger charge is 2.42. The second-order valence-electron chi connectivity index (χ2n) is 11.2. The van der Waals surface area contributed by atoms with Crippen LogP contribution in [0.3, 0.4) is 0 Å². The highest BCUT2D eigenvalue weighted by molar-refractivity contribution is 7.91. The molecule has 0 N–H and O–H groups in total. The maximum atomic E-state index is 14.0. The number of anilines is 2. The SMILES string of the molecule is [C-]#[N+]c1cc2c(cc1OCC(=O)OC(C)(C)C)S(=O)(=O)CC(CCCC)(CCCC)CN2c1ccccc1. The summed E-state index contributed by atoms with van der Waals surface area (Å²) in [4.78, 5) is 18.1. The number of ether oxygens (including phenoxy) is 2. The van der Waals surface area contributed by atoms with E-state index < -0.39 is 33.4 Å². The lowest BCUT2D eigenvalue weighted by Crippen LogP contribution is -2.38. The molecule has 0 aliphatic carbocycles. The van der Waals surface area contributed by atoms with Gasteiger partial charge in [-0.3, -0.25) is 0 Å². The number of para-hydroxylation sites is 1. The Hall–Kier alpha value is -3.05. The van der Waals surface area contributed by atoms with E-state index >= 15 is 0 Å². The van der Waals surface area contributed by atoms with Crippen molar-refractivity contribution in [3.8, 4) is 5.75 Å². The zero-order chi connectivity index (χ0) is 28.0. The Morgan fingerprint density at radius 2 is 1.71 bits per heavy atom. The molecule has 0 unspecified atom stereocenters. The van der Waals surface area contributed by atoms with Crippen LogP contribution < -0.4 is 9.64 Å². The van der Waals surface area contributed by atoms with E-state index in [9.17, 15) is 13.2 Å². The topological polar surface area (TPSA) is 77.3 Å². The highest BCUT2D eigenvalue weighted by atomic mass is 32.2. The Kier molecular flexibility index (Phi) is 9.48. The van der Waals surface area contributed by atoms with Gasteiger partial charge in [0.2, 0.25) is 5.69 Å². The van der Waals surface area contributed by atoms with Crippen LogP contribution in [-0.2, 0) is 19.4 Å². The average molecular weight is 541 g/mol. The molecule has 1 aliphatic rings. The largest absolute Gasteiger partial charge is 0.493 e. The Morgan fingerprint density at radius 3 is 2.26 bits per heavy atom. The van der Waals surface area contributed by atoms with E-state index in [0.717, 1.165) is 44.2 Å². The minimum atomic E-state index is -3.74. The molecule has 0 saturated carbocycles. The molecule has 0 saturated heterocycles. The minimum Gasteiger partial charge on any atom is -0.493 e. The molecule has 0 radical (unpaired) electrons. The Balaban J connectivity index is 2.15. The van der Waals surface area contributed by atoms with Crippen LogP contribution in [0, 0.1) is 12.0 Å². The quantitative estimate of drug-likeness (QED) is 0.233. The lowest BCUT2D eigenvalue weighted by molar-refractivity contribution is -0.157. The van der Waals surface area contributed by atoms with Gasteiger partial charge in [-0.05, 0) is 57.9 Å². The fraction of sp³-hybridized carbons (Fsp3) is 0.533. The van der Waals surface area contributed by atoms with Crippen LogP contribution >= 0.6 is 0 Å². The maximum absolute atomic E-state index is 14.0. The van der Waals surface area contributed by atoms with E-state index in [-0.39, 0.29) is 22.1 Å². The summed E-state index contributed by atoms with van der Waals surface area (Å²) < 4.78 is 39.1. The van der Waals surface area contributed by atoms with Gasteiger partial charge >= 0.3 is 5.97 Å². The number of hydrogen-bond donors (Lipinski definition) is 0. The summed E-state index contributed by atoms with van der Waals surface area (Å²) in [6.07, 6.45) is 5.45. The number of carbonyl (C=O) groups excluding carboxylic acids is 1. The van der Waals surface area contributed by atoms with Crippen molar-refractivity contribution >= 4 is 32.9 Å². The summed E-state index contributed by atoms with van der Waals surface area (Å²) in [5.74, 6) is -0.495. The lowest BCUT2D eigenvalue weighted by atomic mass is 9.79. The van der Waals surface area contributed by atoms with Gasteiger partial charge in [-0.1, -0.05) is 57.7 Å². The molecule has 0 aromatic heterocycles. The maximum Gasteiger partial charge on any atom is 0.344 e. The molecule has 2 aromatic carbocycles. The molecule has 0 atom stereocenters. The number of esters is 1. The van der Waals surface area contributed by atoms with Crippen molar-refractivity contribution in [2.24, 2.45) is 5.41 Å². The number of sulfone groups is 1. The van der Waals surface area contributed by atoms with E-state index in [4.69, 9.17) is 16.0 Å². The van der Waals surface area contributed by atoms with Crippen molar-refractivity contribution in [1.29, 1.82) is 0 Å². The third-order valence-electron chi connectivity index (χ3n) is 6.73. The Morgan fingerprint density at radius 1 is 1.08 bits per heavy atom. The van der Waals surface area contributed by atoms with E-state index in [0.29, 0.717) is 12.2 Å². The van der Waals surface area contributed by atoms with Gasteiger partial charge in [0.15, 0.2) is 16.4 Å². The molecule has 8 heteroatoms. The van der Waals surface area contributed by atoms with Crippen LogP contribution in [-0.4, -0.2) is 38.9 Å². The molecule has 3 rings (SSSR count). The first kappa shape index (κ1) is 29.5. The number of fused-ring (bicyclic) bond motifs is 1. The van der Waals surface area contributed by atoms with Crippen molar-refractivity contribution in [1.82, 2.24) is 0 Å². The standard InChI is InChI=1S/C30H40N2O5S/c1-7-9-16-30(17-10-8-2)21-32(23-14-12-11-13-15-23)25-18-24(31-6)26(19-27(25)38(34,35)22-30)36-20-28(33)37-29(3,4)5/h11-15,18-19H,7-10,16-17,20-22H2,1-5H3. The van der Waals surface area contributed by atoms with E-state index in [2.05, 4.69) is 23.6 Å². The summed E-state index contributed by atoms with van der Waals surface area (Å²) in [5, 5.41) is 0. The first-order chi connectivity index (χ1) is 17.9. The van der Waals surface area contributed by atoms with Gasteiger partial charge in [0.1, 0.15) is 11.4 Å². The van der Waals surface area contributed by atoms with Crippen LogP contribution in [0.1, 0.15) is 73.1 Å². The van der Waals surface area contributed by atoms with Gasteiger partial charge in [0, 0.05) is 23.3 Å². The van der Waals surface area contributed by atoms with Crippen molar-refractivity contribution in [3.63, 3.8) is 0 Å². The summed E-state index contributed by atoms with van der Waals surface area (Å²) >= 11 is 0. The normalized spacial score (nSPS) is 16.2. The first-order valence-corrected chi connectivity index (χ1v) is 15.0. The smallest absolute Gasteiger partial charge is 0.344 e. The van der Waals surface area contributed by atoms with Gasteiger partial charge in [-0.15, -0.1) is 0 Å². The van der Waals surface area contributed by atoms with Gasteiger partial charge in [0.05, 0.1) is 17.2 Å². The molecule has 2 aromatic rings. The average Bonchev–Trinajstić information content (AvgIpc) is 2.96.